The molecule has 0 atom stereocenters. The quantitative estimate of drug-likeness (QED) is 0.914. The number of benzene rings is 1. The van der Waals surface area contributed by atoms with Crippen molar-refractivity contribution >= 4 is 5.91 Å². The molecule has 2 rings (SSSR count). The molecule has 0 radical (unpaired) electrons. The van der Waals surface area contributed by atoms with E-state index in [1.165, 1.54) is 0 Å². The van der Waals surface area contributed by atoms with E-state index in [0.29, 0.717) is 23.0 Å². The van der Waals surface area contributed by atoms with E-state index >= 15 is 0 Å². The Labute approximate surface area is 123 Å². The lowest BCUT2D eigenvalue weighted by molar-refractivity contribution is -0.139. The molecule has 2 aromatic rings. The van der Waals surface area contributed by atoms with E-state index in [9.17, 15) is 18.0 Å². The van der Waals surface area contributed by atoms with Gasteiger partial charge >= 0.3 is 6.18 Å². The van der Waals surface area contributed by atoms with Gasteiger partial charge in [-0.2, -0.15) is 18.2 Å². The van der Waals surface area contributed by atoms with Crippen molar-refractivity contribution in [2.45, 2.75) is 13.1 Å². The van der Waals surface area contributed by atoms with E-state index in [1.54, 1.807) is 36.5 Å². The highest BCUT2D eigenvalue weighted by atomic mass is 19.4. The molecule has 0 aliphatic heterocycles. The third kappa shape index (κ3) is 4.76. The summed E-state index contributed by atoms with van der Waals surface area (Å²) in [4.78, 5) is 15.2. The first kappa shape index (κ1) is 15.8. The van der Waals surface area contributed by atoms with Gasteiger partial charge in [0.2, 0.25) is 11.7 Å². The fourth-order valence-electron chi connectivity index (χ4n) is 1.52. The number of hydrogen-bond donors (Lipinski definition) is 1. The molecule has 0 saturated carbocycles. The Balaban J connectivity index is 1.85. The lowest BCUT2D eigenvalue weighted by Gasteiger charge is -2.09. The number of halogens is 3. The van der Waals surface area contributed by atoms with Crippen LogP contribution in [0.3, 0.4) is 0 Å². The number of aromatic nitrogens is 2. The molecular formula is C13H12F3N3O3. The van der Waals surface area contributed by atoms with Crippen LogP contribution in [0.15, 0.2) is 28.8 Å². The average Bonchev–Trinajstić information content (AvgIpc) is 2.89. The van der Waals surface area contributed by atoms with E-state index in [0.717, 1.165) is 0 Å². The number of hydrogen-bond acceptors (Lipinski definition) is 5. The van der Waals surface area contributed by atoms with Crippen LogP contribution in [-0.4, -0.2) is 35.4 Å². The molecule has 22 heavy (non-hydrogen) atoms. The number of amides is 1. The summed E-state index contributed by atoms with van der Waals surface area (Å²) in [6.45, 7) is -0.227. The van der Waals surface area contributed by atoms with Crippen LogP contribution in [0.4, 0.5) is 13.2 Å². The van der Waals surface area contributed by atoms with Crippen molar-refractivity contribution in [1.29, 1.82) is 0 Å². The Hall–Kier alpha value is -2.58. The van der Waals surface area contributed by atoms with Crippen molar-refractivity contribution in [1.82, 2.24) is 15.5 Å². The van der Waals surface area contributed by atoms with Crippen LogP contribution >= 0.6 is 0 Å². The predicted octanol–water partition coefficient (Wildman–Crippen LogP) is 2.10. The molecule has 6 nitrogen and oxygen atoms in total. The smallest absolute Gasteiger partial charge is 0.405 e. The Kier molecular flexibility index (Phi) is 4.64. The highest BCUT2D eigenvalue weighted by Gasteiger charge is 2.27. The summed E-state index contributed by atoms with van der Waals surface area (Å²) in [5.41, 5.74) is 0.686. The van der Waals surface area contributed by atoms with E-state index < -0.39 is 25.2 Å². The Morgan fingerprint density at radius 1 is 1.32 bits per heavy atom. The van der Waals surface area contributed by atoms with Crippen LogP contribution in [0, 0.1) is 6.92 Å². The topological polar surface area (TPSA) is 77.2 Å². The summed E-state index contributed by atoms with van der Waals surface area (Å²) in [5.74, 6) is 0.324. The van der Waals surface area contributed by atoms with Gasteiger partial charge in [-0.05, 0) is 24.3 Å². The Morgan fingerprint density at radius 3 is 2.55 bits per heavy atom. The molecular weight excluding hydrogens is 303 g/mol. The van der Waals surface area contributed by atoms with Crippen LogP contribution in [-0.2, 0) is 4.79 Å². The fourth-order valence-corrected chi connectivity index (χ4v) is 1.52. The molecule has 0 aliphatic rings. The second kappa shape index (κ2) is 6.46. The van der Waals surface area contributed by atoms with Gasteiger partial charge in [-0.25, -0.2) is 0 Å². The van der Waals surface area contributed by atoms with Gasteiger partial charge in [0, 0.05) is 12.5 Å². The Morgan fingerprint density at radius 2 is 2.00 bits per heavy atom. The molecule has 1 heterocycles. The zero-order valence-electron chi connectivity index (χ0n) is 11.5. The number of carbonyl (C=O) groups is 1. The summed E-state index contributed by atoms with van der Waals surface area (Å²) in [5, 5.41) is 5.45. The first-order valence-corrected chi connectivity index (χ1v) is 6.20. The van der Waals surface area contributed by atoms with Crippen molar-refractivity contribution in [3.05, 3.63) is 30.2 Å². The van der Waals surface area contributed by atoms with E-state index in [4.69, 9.17) is 9.26 Å². The molecule has 0 spiro atoms. The van der Waals surface area contributed by atoms with Gasteiger partial charge < -0.3 is 14.6 Å². The number of rotatable bonds is 5. The van der Waals surface area contributed by atoms with Gasteiger partial charge in [0.15, 0.2) is 6.61 Å². The normalized spacial score (nSPS) is 11.3. The molecule has 1 amide bonds. The van der Waals surface area contributed by atoms with Crippen LogP contribution < -0.4 is 10.1 Å². The number of alkyl halides is 3. The largest absolute Gasteiger partial charge is 0.484 e. The van der Waals surface area contributed by atoms with Gasteiger partial charge in [0.25, 0.3) is 5.91 Å². The number of ether oxygens (including phenoxy) is 1. The molecule has 0 fully saturated rings. The molecule has 0 saturated heterocycles. The highest BCUT2D eigenvalue weighted by Crippen LogP contribution is 2.19. The minimum Gasteiger partial charge on any atom is -0.484 e. The molecule has 1 N–H and O–H groups in total. The summed E-state index contributed by atoms with van der Waals surface area (Å²) in [6.07, 6.45) is -4.44. The van der Waals surface area contributed by atoms with Gasteiger partial charge in [-0.3, -0.25) is 4.79 Å². The van der Waals surface area contributed by atoms with E-state index in [2.05, 4.69) is 10.1 Å². The lowest BCUT2D eigenvalue weighted by Crippen LogP contribution is -2.36. The highest BCUT2D eigenvalue weighted by molar-refractivity contribution is 5.77. The maximum atomic E-state index is 11.9. The van der Waals surface area contributed by atoms with Gasteiger partial charge in [-0.15, -0.1) is 0 Å². The van der Waals surface area contributed by atoms with Gasteiger partial charge in [0.1, 0.15) is 12.3 Å². The fraction of sp³-hybridized carbons (Fsp3) is 0.308. The number of carbonyl (C=O) groups excluding carboxylic acids is 1. The van der Waals surface area contributed by atoms with Crippen molar-refractivity contribution in [2.24, 2.45) is 0 Å². The summed E-state index contributed by atoms with van der Waals surface area (Å²) in [6, 6.07) is 6.40. The average molecular weight is 315 g/mol. The summed E-state index contributed by atoms with van der Waals surface area (Å²) in [7, 11) is 0. The monoisotopic (exact) mass is 315 g/mol. The second-order valence-electron chi connectivity index (χ2n) is 4.34. The first-order valence-electron chi connectivity index (χ1n) is 6.20. The molecule has 118 valence electrons. The van der Waals surface area contributed by atoms with Crippen molar-refractivity contribution in [2.75, 3.05) is 13.2 Å². The van der Waals surface area contributed by atoms with Gasteiger partial charge in [-0.1, -0.05) is 5.16 Å². The predicted molar refractivity (Wildman–Crippen MR) is 69.0 cm³/mol. The SMILES string of the molecule is Cc1nc(-c2ccc(OCC(=O)NCC(F)(F)F)cc2)no1. The number of nitrogens with one attached hydrogen (secondary N) is 1. The second-order valence-corrected chi connectivity index (χ2v) is 4.34. The molecule has 0 unspecified atom stereocenters. The Bertz CT molecular complexity index is 638. The van der Waals surface area contributed by atoms with Crippen molar-refractivity contribution in [3.63, 3.8) is 0 Å². The van der Waals surface area contributed by atoms with E-state index in [1.807, 2.05) is 0 Å². The maximum absolute atomic E-state index is 11.9. The first-order chi connectivity index (χ1) is 10.3. The summed E-state index contributed by atoms with van der Waals surface area (Å²) >= 11 is 0. The number of nitrogens with zero attached hydrogens (tertiary/aromatic N) is 2. The van der Waals surface area contributed by atoms with Crippen molar-refractivity contribution < 1.29 is 27.2 Å². The molecule has 0 bridgehead atoms. The molecule has 1 aromatic carbocycles. The van der Waals surface area contributed by atoms with Crippen molar-refractivity contribution in [3.8, 4) is 17.1 Å². The standard InChI is InChI=1S/C13H12F3N3O3/c1-8-18-12(19-22-8)9-2-4-10(5-3-9)21-6-11(20)17-7-13(14,15)16/h2-5H,6-7H2,1H3,(H,17,20). The van der Waals surface area contributed by atoms with E-state index in [-0.39, 0.29) is 0 Å². The van der Waals surface area contributed by atoms with Crippen LogP contribution in [0.2, 0.25) is 0 Å². The zero-order chi connectivity index (χ0) is 16.2. The summed E-state index contributed by atoms with van der Waals surface area (Å²) < 4.78 is 45.7. The van der Waals surface area contributed by atoms with Crippen LogP contribution in [0.5, 0.6) is 5.75 Å². The van der Waals surface area contributed by atoms with Gasteiger partial charge in [0.05, 0.1) is 0 Å². The maximum Gasteiger partial charge on any atom is 0.405 e. The minimum absolute atomic E-state index is 0.339. The molecule has 0 aliphatic carbocycles. The zero-order valence-corrected chi connectivity index (χ0v) is 11.5. The van der Waals surface area contributed by atoms with Crippen LogP contribution in [0.1, 0.15) is 5.89 Å². The molecule has 9 heteroatoms. The minimum atomic E-state index is -4.44. The molecule has 1 aromatic heterocycles. The third-order valence-corrected chi connectivity index (χ3v) is 2.50. The third-order valence-electron chi connectivity index (χ3n) is 2.50. The number of aryl methyl sites for hydroxylation is 1. The lowest BCUT2D eigenvalue weighted by atomic mass is 10.2. The van der Waals surface area contributed by atoms with Crippen LogP contribution in [0.25, 0.3) is 11.4 Å².